The van der Waals surface area contributed by atoms with E-state index in [2.05, 4.69) is 20.7 Å². The molecule has 1 N–H and O–H groups in total. The Labute approximate surface area is 214 Å². The highest BCUT2D eigenvalue weighted by molar-refractivity contribution is 7.99. The van der Waals surface area contributed by atoms with E-state index in [-0.39, 0.29) is 17.8 Å². The number of para-hydroxylation sites is 1. The van der Waals surface area contributed by atoms with Gasteiger partial charge in [0, 0.05) is 11.3 Å². The number of thioether (sulfide) groups is 1. The molecule has 36 heavy (non-hydrogen) atoms. The summed E-state index contributed by atoms with van der Waals surface area (Å²) in [6.07, 6.45) is 1.59. The van der Waals surface area contributed by atoms with E-state index in [1.54, 1.807) is 19.4 Å². The van der Waals surface area contributed by atoms with Gasteiger partial charge in [0.05, 0.1) is 25.2 Å². The molecular weight excluding hydrogens is 474 g/mol. The van der Waals surface area contributed by atoms with Crippen LogP contribution < -0.4 is 14.9 Å². The minimum Gasteiger partial charge on any atom is -0.493 e. The Balaban J connectivity index is 1.43. The fourth-order valence-electron chi connectivity index (χ4n) is 3.40. The van der Waals surface area contributed by atoms with Gasteiger partial charge in [0.15, 0.2) is 22.5 Å². The van der Waals surface area contributed by atoms with Crippen LogP contribution in [0.5, 0.6) is 11.5 Å². The first-order valence-corrected chi connectivity index (χ1v) is 12.4. The molecule has 184 valence electrons. The first-order chi connectivity index (χ1) is 17.5. The van der Waals surface area contributed by atoms with Crippen LogP contribution in [0.2, 0.25) is 0 Å². The highest BCUT2D eigenvalue weighted by atomic mass is 32.2. The maximum atomic E-state index is 12.5. The molecule has 0 atom stereocenters. The van der Waals surface area contributed by atoms with E-state index < -0.39 is 0 Å². The lowest BCUT2D eigenvalue weighted by molar-refractivity contribution is -0.118. The van der Waals surface area contributed by atoms with Crippen molar-refractivity contribution in [3.63, 3.8) is 0 Å². The normalized spacial score (nSPS) is 11.1. The molecule has 0 unspecified atom stereocenters. The molecule has 1 amide bonds. The van der Waals surface area contributed by atoms with Crippen molar-refractivity contribution in [2.75, 3.05) is 12.9 Å². The number of rotatable bonds is 10. The van der Waals surface area contributed by atoms with Gasteiger partial charge in [0.1, 0.15) is 0 Å². The minimum atomic E-state index is -0.258. The quantitative estimate of drug-likeness (QED) is 0.187. The molecule has 0 aliphatic heterocycles. The van der Waals surface area contributed by atoms with Crippen LogP contribution in [-0.4, -0.2) is 45.9 Å². The molecule has 4 rings (SSSR count). The Morgan fingerprint density at radius 2 is 1.75 bits per heavy atom. The van der Waals surface area contributed by atoms with Crippen LogP contribution in [0, 0.1) is 0 Å². The number of hydrogen-bond acceptors (Lipinski definition) is 7. The standard InChI is InChI=1S/C27H27N5O3S/c1-19(2)35-23-15-14-20(16-24(23)34-3)17-28-29-25(33)18-36-27-31-30-26(21-10-6-4-7-11-21)32(27)22-12-8-5-9-13-22/h4-17,19H,18H2,1-3H3,(H,29,33). The number of methoxy groups -OCH3 is 1. The van der Waals surface area contributed by atoms with Gasteiger partial charge in [-0.1, -0.05) is 60.3 Å². The largest absolute Gasteiger partial charge is 0.493 e. The number of carbonyl (C=O) groups is 1. The summed E-state index contributed by atoms with van der Waals surface area (Å²) in [5.74, 6) is 1.83. The lowest BCUT2D eigenvalue weighted by Crippen LogP contribution is -2.20. The van der Waals surface area contributed by atoms with Gasteiger partial charge in [-0.15, -0.1) is 10.2 Å². The Kier molecular flexibility index (Phi) is 8.36. The van der Waals surface area contributed by atoms with Gasteiger partial charge in [-0.05, 0) is 49.7 Å². The number of carbonyl (C=O) groups excluding carboxylic acids is 1. The summed E-state index contributed by atoms with van der Waals surface area (Å²) in [5, 5.41) is 13.4. The van der Waals surface area contributed by atoms with Gasteiger partial charge < -0.3 is 9.47 Å². The lowest BCUT2D eigenvalue weighted by Gasteiger charge is -2.13. The summed E-state index contributed by atoms with van der Waals surface area (Å²) in [6, 6.07) is 25.1. The van der Waals surface area contributed by atoms with E-state index in [0.29, 0.717) is 22.5 Å². The zero-order chi connectivity index (χ0) is 25.3. The van der Waals surface area contributed by atoms with Crippen molar-refractivity contribution in [2.24, 2.45) is 5.10 Å². The monoisotopic (exact) mass is 501 g/mol. The van der Waals surface area contributed by atoms with Crippen LogP contribution in [0.25, 0.3) is 17.1 Å². The molecule has 1 heterocycles. The molecule has 0 aliphatic carbocycles. The fraction of sp³-hybridized carbons (Fsp3) is 0.185. The zero-order valence-corrected chi connectivity index (χ0v) is 21.1. The summed E-state index contributed by atoms with van der Waals surface area (Å²) in [5.41, 5.74) is 5.19. The van der Waals surface area contributed by atoms with Crippen LogP contribution in [0.15, 0.2) is 89.1 Å². The summed E-state index contributed by atoms with van der Waals surface area (Å²) in [6.45, 7) is 3.90. The number of nitrogens with one attached hydrogen (secondary N) is 1. The third-order valence-electron chi connectivity index (χ3n) is 4.97. The summed E-state index contributed by atoms with van der Waals surface area (Å²) < 4.78 is 13.1. The maximum absolute atomic E-state index is 12.5. The summed E-state index contributed by atoms with van der Waals surface area (Å²) in [4.78, 5) is 12.5. The number of amides is 1. The third kappa shape index (κ3) is 6.31. The van der Waals surface area contributed by atoms with E-state index in [9.17, 15) is 4.79 Å². The molecule has 4 aromatic rings. The predicted octanol–water partition coefficient (Wildman–Crippen LogP) is 4.97. The smallest absolute Gasteiger partial charge is 0.250 e. The molecule has 0 fully saturated rings. The molecule has 9 heteroatoms. The summed E-state index contributed by atoms with van der Waals surface area (Å²) >= 11 is 1.29. The van der Waals surface area contributed by atoms with Crippen molar-refractivity contribution in [3.05, 3.63) is 84.4 Å². The number of ether oxygens (including phenoxy) is 2. The van der Waals surface area contributed by atoms with Gasteiger partial charge in [-0.25, -0.2) is 5.43 Å². The number of hydrazone groups is 1. The Morgan fingerprint density at radius 3 is 2.44 bits per heavy atom. The van der Waals surface area contributed by atoms with Crippen molar-refractivity contribution in [1.82, 2.24) is 20.2 Å². The Bertz CT molecular complexity index is 1320. The molecule has 0 saturated heterocycles. The molecule has 0 bridgehead atoms. The number of aromatic nitrogens is 3. The first kappa shape index (κ1) is 25.0. The average Bonchev–Trinajstić information content (AvgIpc) is 3.33. The van der Waals surface area contributed by atoms with E-state index in [1.165, 1.54) is 11.8 Å². The van der Waals surface area contributed by atoms with Crippen LogP contribution >= 0.6 is 11.8 Å². The van der Waals surface area contributed by atoms with Crippen molar-refractivity contribution in [1.29, 1.82) is 0 Å². The van der Waals surface area contributed by atoms with Crippen LogP contribution in [0.4, 0.5) is 0 Å². The third-order valence-corrected chi connectivity index (χ3v) is 5.89. The van der Waals surface area contributed by atoms with Gasteiger partial charge in [-0.2, -0.15) is 5.10 Å². The van der Waals surface area contributed by atoms with E-state index in [0.717, 1.165) is 16.8 Å². The molecular formula is C27H27N5O3S. The van der Waals surface area contributed by atoms with E-state index in [4.69, 9.17) is 9.47 Å². The SMILES string of the molecule is COc1cc(C=NNC(=O)CSc2nnc(-c3ccccc3)n2-c2ccccc2)ccc1OC(C)C. The molecule has 8 nitrogen and oxygen atoms in total. The van der Waals surface area contributed by atoms with Crippen LogP contribution in [0.1, 0.15) is 19.4 Å². The zero-order valence-electron chi connectivity index (χ0n) is 20.3. The molecule has 0 aliphatic rings. The van der Waals surface area contributed by atoms with E-state index >= 15 is 0 Å². The maximum Gasteiger partial charge on any atom is 0.250 e. The second-order valence-electron chi connectivity index (χ2n) is 8.00. The Hall–Kier alpha value is -4.11. The highest BCUT2D eigenvalue weighted by Crippen LogP contribution is 2.29. The second kappa shape index (κ2) is 12.0. The highest BCUT2D eigenvalue weighted by Gasteiger charge is 2.17. The molecule has 0 spiro atoms. The van der Waals surface area contributed by atoms with Crippen LogP contribution in [-0.2, 0) is 4.79 Å². The number of nitrogens with zero attached hydrogens (tertiary/aromatic N) is 4. The molecule has 0 saturated carbocycles. The fourth-order valence-corrected chi connectivity index (χ4v) is 4.15. The second-order valence-corrected chi connectivity index (χ2v) is 8.94. The van der Waals surface area contributed by atoms with Gasteiger partial charge in [0.25, 0.3) is 5.91 Å². The van der Waals surface area contributed by atoms with Crippen LogP contribution in [0.3, 0.4) is 0 Å². The van der Waals surface area contributed by atoms with Crippen molar-refractivity contribution in [2.45, 2.75) is 25.1 Å². The van der Waals surface area contributed by atoms with Crippen molar-refractivity contribution in [3.8, 4) is 28.6 Å². The van der Waals surface area contributed by atoms with Gasteiger partial charge >= 0.3 is 0 Å². The van der Waals surface area contributed by atoms with Crippen molar-refractivity contribution >= 4 is 23.9 Å². The number of benzene rings is 3. The van der Waals surface area contributed by atoms with Gasteiger partial charge in [0.2, 0.25) is 0 Å². The van der Waals surface area contributed by atoms with Gasteiger partial charge in [-0.3, -0.25) is 9.36 Å². The van der Waals surface area contributed by atoms with Crippen molar-refractivity contribution < 1.29 is 14.3 Å². The lowest BCUT2D eigenvalue weighted by atomic mass is 10.2. The summed E-state index contributed by atoms with van der Waals surface area (Å²) in [7, 11) is 1.58. The molecule has 3 aromatic carbocycles. The predicted molar refractivity (Wildman–Crippen MR) is 142 cm³/mol. The minimum absolute atomic E-state index is 0.0339. The average molecular weight is 502 g/mol. The topological polar surface area (TPSA) is 90.6 Å². The Morgan fingerprint density at radius 1 is 1.03 bits per heavy atom. The number of hydrogen-bond donors (Lipinski definition) is 1. The van der Waals surface area contributed by atoms with E-state index in [1.807, 2.05) is 91.2 Å². The first-order valence-electron chi connectivity index (χ1n) is 11.4. The molecule has 0 radical (unpaired) electrons. The molecule has 1 aromatic heterocycles.